The van der Waals surface area contributed by atoms with Crippen LogP contribution in [-0.2, 0) is 0 Å². The minimum absolute atomic E-state index is 0.379. The van der Waals surface area contributed by atoms with E-state index in [1.807, 2.05) is 0 Å². The summed E-state index contributed by atoms with van der Waals surface area (Å²) in [5, 5.41) is 8.87. The van der Waals surface area contributed by atoms with E-state index in [-0.39, 0.29) is 0 Å². The normalized spacial score (nSPS) is 41.3. The highest BCUT2D eigenvalue weighted by molar-refractivity contribution is 5.01. The van der Waals surface area contributed by atoms with E-state index in [0.717, 1.165) is 24.2 Å². The zero-order chi connectivity index (χ0) is 9.47. The van der Waals surface area contributed by atoms with Gasteiger partial charge in [0.15, 0.2) is 0 Å². The van der Waals surface area contributed by atoms with Gasteiger partial charge in [-0.3, -0.25) is 0 Å². The molecule has 2 bridgehead atoms. The van der Waals surface area contributed by atoms with E-state index in [1.165, 1.54) is 25.7 Å². The molecule has 0 aliphatic heterocycles. The first-order valence-corrected chi connectivity index (χ1v) is 5.77. The minimum atomic E-state index is 0.379. The molecular weight excluding hydrogens is 160 g/mol. The number of aliphatic hydroxyl groups excluding tert-OH is 1. The third kappa shape index (κ3) is 1.41. The molecule has 2 fully saturated rings. The van der Waals surface area contributed by atoms with Gasteiger partial charge in [0.1, 0.15) is 0 Å². The number of hydrogen-bond donors (Lipinski definition) is 1. The van der Waals surface area contributed by atoms with Crippen LogP contribution in [-0.4, -0.2) is 11.7 Å². The first-order chi connectivity index (χ1) is 6.16. The molecular formula is C12H22O. The molecule has 0 aromatic rings. The van der Waals surface area contributed by atoms with Crippen LogP contribution >= 0.6 is 0 Å². The lowest BCUT2D eigenvalue weighted by Gasteiger charge is -2.38. The molecule has 3 atom stereocenters. The Morgan fingerprint density at radius 1 is 1.31 bits per heavy atom. The van der Waals surface area contributed by atoms with Crippen LogP contribution in [0.25, 0.3) is 0 Å². The van der Waals surface area contributed by atoms with Gasteiger partial charge in [-0.25, -0.2) is 0 Å². The second-order valence-electron chi connectivity index (χ2n) is 5.56. The molecule has 2 aliphatic rings. The molecule has 0 aromatic heterocycles. The number of hydrogen-bond acceptors (Lipinski definition) is 1. The maximum Gasteiger partial charge on any atom is 0.0431 e. The number of fused-ring (bicyclic) bond motifs is 2. The summed E-state index contributed by atoms with van der Waals surface area (Å²) in [4.78, 5) is 0. The van der Waals surface area contributed by atoms with E-state index in [4.69, 9.17) is 5.11 Å². The van der Waals surface area contributed by atoms with E-state index in [9.17, 15) is 0 Å². The summed E-state index contributed by atoms with van der Waals surface area (Å²) in [6.45, 7) is 5.27. The Bertz CT molecular complexity index is 186. The number of rotatable bonds is 3. The predicted molar refractivity (Wildman–Crippen MR) is 54.4 cm³/mol. The Kier molecular flexibility index (Phi) is 2.39. The Hall–Kier alpha value is -0.0400. The summed E-state index contributed by atoms with van der Waals surface area (Å²) in [7, 11) is 0. The second-order valence-corrected chi connectivity index (χ2v) is 5.56. The molecule has 0 spiro atoms. The van der Waals surface area contributed by atoms with Gasteiger partial charge in [0, 0.05) is 6.61 Å². The molecule has 1 heteroatoms. The summed E-state index contributed by atoms with van der Waals surface area (Å²) < 4.78 is 0. The summed E-state index contributed by atoms with van der Waals surface area (Å²) in [6.07, 6.45) is 6.67. The van der Waals surface area contributed by atoms with Crippen LogP contribution in [0.2, 0.25) is 0 Å². The van der Waals surface area contributed by atoms with E-state index >= 15 is 0 Å². The molecule has 2 rings (SSSR count). The van der Waals surface area contributed by atoms with Crippen LogP contribution in [0, 0.1) is 23.2 Å². The fourth-order valence-electron chi connectivity index (χ4n) is 3.89. The predicted octanol–water partition coefficient (Wildman–Crippen LogP) is 2.83. The van der Waals surface area contributed by atoms with Crippen molar-refractivity contribution in [1.29, 1.82) is 0 Å². The van der Waals surface area contributed by atoms with Crippen LogP contribution < -0.4 is 0 Å². The molecule has 1 N–H and O–H groups in total. The van der Waals surface area contributed by atoms with Crippen molar-refractivity contribution in [1.82, 2.24) is 0 Å². The van der Waals surface area contributed by atoms with Crippen molar-refractivity contribution in [2.75, 3.05) is 6.61 Å². The lowest BCUT2D eigenvalue weighted by Crippen LogP contribution is -2.30. The highest BCUT2D eigenvalue weighted by Gasteiger charge is 2.51. The highest BCUT2D eigenvalue weighted by atomic mass is 16.2. The Morgan fingerprint density at radius 3 is 2.62 bits per heavy atom. The highest BCUT2D eigenvalue weighted by Crippen LogP contribution is 2.60. The van der Waals surface area contributed by atoms with Crippen molar-refractivity contribution in [2.45, 2.75) is 46.0 Å². The molecule has 76 valence electrons. The molecule has 13 heavy (non-hydrogen) atoms. The monoisotopic (exact) mass is 182 g/mol. The van der Waals surface area contributed by atoms with Crippen LogP contribution in [0.3, 0.4) is 0 Å². The summed E-state index contributed by atoms with van der Waals surface area (Å²) in [5.41, 5.74) is 0.568. The fourth-order valence-corrected chi connectivity index (χ4v) is 3.89. The summed E-state index contributed by atoms with van der Waals surface area (Å²) >= 11 is 0. The zero-order valence-electron chi connectivity index (χ0n) is 8.92. The minimum Gasteiger partial charge on any atom is -0.396 e. The van der Waals surface area contributed by atoms with Gasteiger partial charge >= 0.3 is 0 Å². The maximum absolute atomic E-state index is 8.87. The van der Waals surface area contributed by atoms with E-state index in [2.05, 4.69) is 13.8 Å². The van der Waals surface area contributed by atoms with Gasteiger partial charge in [0.25, 0.3) is 0 Å². The zero-order valence-corrected chi connectivity index (χ0v) is 8.92. The Labute approximate surface area is 81.5 Å². The maximum atomic E-state index is 8.87. The average molecular weight is 182 g/mol. The molecule has 0 radical (unpaired) electrons. The topological polar surface area (TPSA) is 20.2 Å². The van der Waals surface area contributed by atoms with Crippen molar-refractivity contribution in [3.05, 3.63) is 0 Å². The first kappa shape index (κ1) is 9.51. The lowest BCUT2D eigenvalue weighted by molar-refractivity contribution is 0.106. The average Bonchev–Trinajstić information content (AvgIpc) is 2.60. The van der Waals surface area contributed by atoms with Gasteiger partial charge in [0.05, 0.1) is 0 Å². The van der Waals surface area contributed by atoms with Gasteiger partial charge in [0.2, 0.25) is 0 Å². The van der Waals surface area contributed by atoms with Gasteiger partial charge in [-0.1, -0.05) is 13.8 Å². The Balaban J connectivity index is 2.01. The SMILES string of the molecule is CC1(C)C2CCC(C2)C1CCCO. The standard InChI is InChI=1S/C12H22O/c1-12(2)10-6-5-9(8-10)11(12)4-3-7-13/h9-11,13H,3-8H2,1-2H3. The molecule has 3 unspecified atom stereocenters. The Morgan fingerprint density at radius 2 is 2.08 bits per heavy atom. The van der Waals surface area contributed by atoms with E-state index in [0.29, 0.717) is 12.0 Å². The van der Waals surface area contributed by atoms with Crippen LogP contribution in [0.5, 0.6) is 0 Å². The van der Waals surface area contributed by atoms with Crippen molar-refractivity contribution >= 4 is 0 Å². The first-order valence-electron chi connectivity index (χ1n) is 5.77. The van der Waals surface area contributed by atoms with E-state index in [1.54, 1.807) is 0 Å². The fraction of sp³-hybridized carbons (Fsp3) is 1.00. The molecule has 0 aromatic carbocycles. The molecule has 0 amide bonds. The van der Waals surface area contributed by atoms with Crippen LogP contribution in [0.15, 0.2) is 0 Å². The molecule has 2 aliphatic carbocycles. The van der Waals surface area contributed by atoms with Crippen LogP contribution in [0.1, 0.15) is 46.0 Å². The van der Waals surface area contributed by atoms with Gasteiger partial charge < -0.3 is 5.11 Å². The quantitative estimate of drug-likeness (QED) is 0.711. The van der Waals surface area contributed by atoms with E-state index < -0.39 is 0 Å². The largest absolute Gasteiger partial charge is 0.396 e. The van der Waals surface area contributed by atoms with Crippen molar-refractivity contribution < 1.29 is 5.11 Å². The summed E-state index contributed by atoms with van der Waals surface area (Å²) in [6, 6.07) is 0. The van der Waals surface area contributed by atoms with Gasteiger partial charge in [-0.05, 0) is 55.3 Å². The summed E-state index contributed by atoms with van der Waals surface area (Å²) in [5.74, 6) is 2.88. The molecule has 0 heterocycles. The van der Waals surface area contributed by atoms with Crippen molar-refractivity contribution in [3.8, 4) is 0 Å². The lowest BCUT2D eigenvalue weighted by atomic mass is 9.67. The van der Waals surface area contributed by atoms with Crippen LogP contribution in [0.4, 0.5) is 0 Å². The third-order valence-electron chi connectivity index (χ3n) is 4.72. The van der Waals surface area contributed by atoms with Gasteiger partial charge in [-0.2, -0.15) is 0 Å². The second kappa shape index (κ2) is 3.27. The van der Waals surface area contributed by atoms with Gasteiger partial charge in [-0.15, -0.1) is 0 Å². The van der Waals surface area contributed by atoms with Crippen molar-refractivity contribution in [3.63, 3.8) is 0 Å². The smallest absolute Gasteiger partial charge is 0.0431 e. The molecule has 2 saturated carbocycles. The molecule has 1 nitrogen and oxygen atoms in total. The number of aliphatic hydroxyl groups is 1. The van der Waals surface area contributed by atoms with Crippen molar-refractivity contribution in [2.24, 2.45) is 23.2 Å². The molecule has 0 saturated heterocycles. The third-order valence-corrected chi connectivity index (χ3v) is 4.72.